The maximum atomic E-state index is 4.08. The van der Waals surface area contributed by atoms with E-state index >= 15 is 0 Å². The van der Waals surface area contributed by atoms with Crippen LogP contribution in [0.5, 0.6) is 0 Å². The highest BCUT2D eigenvalue weighted by Gasteiger charge is 1.88. The summed E-state index contributed by atoms with van der Waals surface area (Å²) < 4.78 is 4.08. The average Bonchev–Trinajstić information content (AvgIpc) is 2.33. The summed E-state index contributed by atoms with van der Waals surface area (Å²) in [5.41, 5.74) is 1.19. The number of para-hydroxylation sites is 1. The topological polar surface area (TPSA) is 28.7 Å². The molecule has 0 bridgehead atoms. The molecule has 0 atom stereocenters. The van der Waals surface area contributed by atoms with Gasteiger partial charge in [0.05, 0.1) is 5.52 Å². The Morgan fingerprint density at radius 3 is 3.11 bits per heavy atom. The van der Waals surface area contributed by atoms with Crippen LogP contribution in [0.3, 0.4) is 0 Å². The average molecular weight is 134 g/mol. The first-order chi connectivity index (χ1) is 4.47. The molecule has 44 valence electrons. The van der Waals surface area contributed by atoms with Gasteiger partial charge >= 0.3 is 0 Å². The van der Waals surface area contributed by atoms with Gasteiger partial charge in [-0.3, -0.25) is 5.10 Å². The summed E-state index contributed by atoms with van der Waals surface area (Å²) in [6.45, 7) is 0. The molecule has 0 saturated heterocycles. The Hall–Kier alpha value is -0.963. The van der Waals surface area contributed by atoms with Crippen molar-refractivity contribution < 1.29 is 0 Å². The van der Waals surface area contributed by atoms with Crippen LogP contribution in [0.15, 0.2) is 24.3 Å². The summed E-state index contributed by atoms with van der Waals surface area (Å²) in [6.07, 6.45) is 0. The molecule has 0 amide bonds. The molecule has 0 unspecified atom stereocenters. The molecule has 0 aliphatic heterocycles. The van der Waals surface area contributed by atoms with Crippen molar-refractivity contribution in [1.29, 1.82) is 0 Å². The van der Waals surface area contributed by atoms with E-state index in [4.69, 9.17) is 0 Å². The van der Waals surface area contributed by atoms with E-state index in [0.29, 0.717) is 0 Å². The molecule has 0 radical (unpaired) electrons. The Labute approximate surface area is 54.7 Å². The first kappa shape index (κ1) is 4.87. The molecule has 2 rings (SSSR count). The lowest BCUT2D eigenvalue weighted by molar-refractivity contribution is 1.19. The van der Waals surface area contributed by atoms with E-state index in [1.807, 2.05) is 12.1 Å². The number of fused-ring (bicyclic) bond motifs is 1. The minimum Gasteiger partial charge on any atom is -0.288 e. The van der Waals surface area contributed by atoms with Crippen LogP contribution in [0.2, 0.25) is 0 Å². The molecule has 9 heavy (non-hydrogen) atoms. The van der Waals surface area contributed by atoms with Gasteiger partial charge in [-0.1, -0.05) is 18.2 Å². The molecule has 0 aliphatic carbocycles. The Balaban J connectivity index is 2.95. The van der Waals surface area contributed by atoms with Crippen molar-refractivity contribution in [2.45, 2.75) is 0 Å². The van der Waals surface area contributed by atoms with Gasteiger partial charge in [0, 0.05) is 5.00 Å². The van der Waals surface area contributed by atoms with Crippen molar-refractivity contribution in [1.82, 2.24) is 9.85 Å². The number of benzene rings is 1. The third kappa shape index (κ3) is 0.694. The van der Waals surface area contributed by atoms with Gasteiger partial charge in [-0.05, 0) is 6.07 Å². The predicted octanol–water partition coefficient (Wildman–Crippen LogP) is 0.633. The third-order valence-corrected chi connectivity index (χ3v) is 2.39. The number of rotatable bonds is 0. The second-order valence-corrected chi connectivity index (χ2v) is 3.10. The number of nitrogens with zero attached hydrogens (tertiary/aromatic N) is 1. The number of nitrogens with one attached hydrogen (secondary N) is 1. The van der Waals surface area contributed by atoms with E-state index in [2.05, 4.69) is 22.0 Å². The summed E-state index contributed by atoms with van der Waals surface area (Å²) in [4.78, 5) is 1.37. The molecule has 0 spiro atoms. The molecule has 3 heteroatoms. The fraction of sp³-hybridized carbons (Fsp3) is 0. The lowest BCUT2D eigenvalue weighted by Crippen LogP contribution is -1.65. The van der Waals surface area contributed by atoms with Crippen LogP contribution >= 0.6 is 0 Å². The molecule has 1 heterocycles. The smallest absolute Gasteiger partial charge is 0.175 e. The van der Waals surface area contributed by atoms with Crippen molar-refractivity contribution in [2.75, 3.05) is 0 Å². The zero-order valence-electron chi connectivity index (χ0n) is 4.83. The predicted molar refractivity (Wildman–Crippen MR) is 38.8 cm³/mol. The summed E-state index contributed by atoms with van der Waals surface area (Å²) in [7, 11) is 0.150. The van der Waals surface area contributed by atoms with Crippen molar-refractivity contribution in [3.8, 4) is 0 Å². The Morgan fingerprint density at radius 2 is 2.22 bits per heavy atom. The van der Waals surface area contributed by atoms with Crippen LogP contribution in [-0.4, -0.2) is 19.1 Å². The van der Waals surface area contributed by atoms with Crippen LogP contribution in [0, 0.1) is 0 Å². The molecule has 2 nitrogen and oxygen atoms in total. The molecule has 1 N–H and O–H groups in total. The van der Waals surface area contributed by atoms with Gasteiger partial charge in [-0.2, -0.15) is 0 Å². The zero-order chi connectivity index (χ0) is 6.10. The number of hydrogen-bond donors (Lipinski definition) is 1. The van der Waals surface area contributed by atoms with Crippen molar-refractivity contribution in [3.05, 3.63) is 24.3 Å². The number of H-pyrrole nitrogens is 1. The van der Waals surface area contributed by atoms with E-state index in [9.17, 15) is 0 Å². The second-order valence-electron chi connectivity index (χ2n) is 1.96. The van der Waals surface area contributed by atoms with E-state index in [0.717, 1.165) is 0 Å². The van der Waals surface area contributed by atoms with Crippen molar-refractivity contribution in [2.24, 2.45) is 0 Å². The van der Waals surface area contributed by atoms with Crippen LogP contribution in [0.1, 0.15) is 0 Å². The molecule has 0 fully saturated rings. The number of aromatic amines is 1. The standard InChI is InChI=1S/C6H6N2Si/c1-2-4-6-5(3-1)7-8-9-6/h1-4,7,9H. The normalized spacial score (nSPS) is 10.2. The van der Waals surface area contributed by atoms with Gasteiger partial charge in [0.15, 0.2) is 9.29 Å². The summed E-state index contributed by atoms with van der Waals surface area (Å²) in [5.74, 6) is 0. The fourth-order valence-electron chi connectivity index (χ4n) is 0.883. The largest absolute Gasteiger partial charge is 0.288 e. The van der Waals surface area contributed by atoms with Crippen LogP contribution in [0.4, 0.5) is 0 Å². The Bertz CT molecular complexity index is 285. The lowest BCUT2D eigenvalue weighted by Gasteiger charge is -1.81. The highest BCUT2D eigenvalue weighted by molar-refractivity contribution is 6.41. The molecule has 2 aromatic rings. The minimum absolute atomic E-state index is 0.150. The SMILES string of the molecule is c1ccc2[siH]n[nH]c2c1. The Morgan fingerprint density at radius 1 is 1.33 bits per heavy atom. The number of hydrogen-bond acceptors (Lipinski definition) is 1. The fourth-order valence-corrected chi connectivity index (χ4v) is 1.72. The van der Waals surface area contributed by atoms with Gasteiger partial charge < -0.3 is 0 Å². The summed E-state index contributed by atoms with van der Waals surface area (Å²) in [6, 6.07) is 8.24. The van der Waals surface area contributed by atoms with Gasteiger partial charge in [0.25, 0.3) is 0 Å². The van der Waals surface area contributed by atoms with Gasteiger partial charge in [-0.15, -0.1) is 0 Å². The van der Waals surface area contributed by atoms with Gasteiger partial charge in [-0.25, -0.2) is 4.75 Å². The van der Waals surface area contributed by atoms with E-state index in [-0.39, 0.29) is 9.29 Å². The highest BCUT2D eigenvalue weighted by Crippen LogP contribution is 2.03. The van der Waals surface area contributed by atoms with E-state index < -0.39 is 0 Å². The van der Waals surface area contributed by atoms with Crippen molar-refractivity contribution in [3.63, 3.8) is 0 Å². The van der Waals surface area contributed by atoms with E-state index in [1.165, 1.54) is 10.5 Å². The Kier molecular flexibility index (Phi) is 0.958. The van der Waals surface area contributed by atoms with Crippen LogP contribution in [-0.2, 0) is 0 Å². The molecule has 0 saturated carbocycles. The first-order valence-corrected chi connectivity index (χ1v) is 3.94. The maximum absolute atomic E-state index is 4.08. The first-order valence-electron chi connectivity index (χ1n) is 2.85. The minimum atomic E-state index is 0.150. The van der Waals surface area contributed by atoms with E-state index in [1.54, 1.807) is 0 Å². The molecular formula is C6H6N2Si. The van der Waals surface area contributed by atoms with Gasteiger partial charge in [0.1, 0.15) is 0 Å². The van der Waals surface area contributed by atoms with Crippen LogP contribution in [0.25, 0.3) is 10.5 Å². The molecule has 1 aromatic heterocycles. The van der Waals surface area contributed by atoms with Crippen molar-refractivity contribution >= 4 is 19.8 Å². The molecule has 0 aliphatic rings. The molecule has 1 aromatic carbocycles. The monoisotopic (exact) mass is 134 g/mol. The zero-order valence-corrected chi connectivity index (χ0v) is 5.99. The third-order valence-electron chi connectivity index (χ3n) is 1.35. The summed E-state index contributed by atoms with van der Waals surface area (Å²) >= 11 is 0. The quantitative estimate of drug-likeness (QED) is 0.526. The molecular weight excluding hydrogens is 128 g/mol. The highest BCUT2D eigenvalue weighted by atomic mass is 28.2. The van der Waals surface area contributed by atoms with Crippen LogP contribution < -0.4 is 0 Å². The number of aromatic nitrogens is 2. The second kappa shape index (κ2) is 1.77. The maximum Gasteiger partial charge on any atom is 0.175 e. The lowest BCUT2D eigenvalue weighted by atomic mass is 10.3. The van der Waals surface area contributed by atoms with Gasteiger partial charge in [0.2, 0.25) is 0 Å². The summed E-state index contributed by atoms with van der Waals surface area (Å²) in [5, 5.41) is 2.96.